The molecule has 0 bridgehead atoms. The Hall–Kier alpha value is -2.77. The summed E-state index contributed by atoms with van der Waals surface area (Å²) in [4.78, 5) is 22.6. The van der Waals surface area contributed by atoms with Gasteiger partial charge < -0.3 is 18.9 Å². The lowest BCUT2D eigenvalue weighted by Gasteiger charge is -2.13. The number of hydrogen-bond donors (Lipinski definition) is 0. The van der Waals surface area contributed by atoms with Crippen LogP contribution in [-0.2, 0) is 14.3 Å². The van der Waals surface area contributed by atoms with Crippen molar-refractivity contribution in [3.63, 3.8) is 0 Å². The van der Waals surface area contributed by atoms with E-state index >= 15 is 0 Å². The second kappa shape index (κ2) is 6.33. The van der Waals surface area contributed by atoms with Gasteiger partial charge in [-0.25, -0.2) is 4.79 Å². The summed E-state index contributed by atoms with van der Waals surface area (Å²) in [6.07, 6.45) is 0.327. The summed E-state index contributed by atoms with van der Waals surface area (Å²) >= 11 is 0. The average Bonchev–Trinajstić information content (AvgIpc) is 2.93. The number of methoxy groups -OCH3 is 3. The molecule has 1 aromatic rings. The molecule has 1 aliphatic rings. The molecule has 22 heavy (non-hydrogen) atoms. The number of carbonyl (C=O) groups is 1. The molecule has 1 heterocycles. The van der Waals surface area contributed by atoms with Crippen LogP contribution in [0.4, 0.5) is 5.69 Å². The van der Waals surface area contributed by atoms with Gasteiger partial charge in [0.25, 0.3) is 0 Å². The van der Waals surface area contributed by atoms with Crippen molar-refractivity contribution in [2.45, 2.75) is 6.42 Å². The summed E-state index contributed by atoms with van der Waals surface area (Å²) in [6.45, 7) is 0.224. The van der Waals surface area contributed by atoms with Gasteiger partial charge in [0, 0.05) is 6.42 Å². The molecule has 118 valence electrons. The summed E-state index contributed by atoms with van der Waals surface area (Å²) in [6, 6.07) is 2.97. The molecule has 1 aliphatic heterocycles. The molecule has 0 spiro atoms. The molecule has 0 radical (unpaired) electrons. The van der Waals surface area contributed by atoms with Gasteiger partial charge in [-0.15, -0.1) is 0 Å². The highest BCUT2D eigenvalue weighted by atomic mass is 16.6. The van der Waals surface area contributed by atoms with Crippen LogP contribution < -0.4 is 9.47 Å². The van der Waals surface area contributed by atoms with Crippen molar-refractivity contribution >= 4 is 17.4 Å². The lowest BCUT2D eigenvalue weighted by Crippen LogP contribution is -2.05. The monoisotopic (exact) mass is 309 g/mol. The minimum absolute atomic E-state index is 0.0356. The number of esters is 1. The van der Waals surface area contributed by atoms with Gasteiger partial charge in [-0.2, -0.15) is 0 Å². The molecule has 0 saturated carbocycles. The Bertz CT molecular complexity index is 651. The molecule has 8 nitrogen and oxygen atoms in total. The Morgan fingerprint density at radius 3 is 2.45 bits per heavy atom. The number of benzene rings is 1. The number of ether oxygens (including phenoxy) is 4. The highest BCUT2D eigenvalue weighted by Gasteiger charge is 2.32. The second-order valence-electron chi connectivity index (χ2n) is 4.35. The first kappa shape index (κ1) is 15.6. The molecule has 2 rings (SSSR count). The van der Waals surface area contributed by atoms with Crippen molar-refractivity contribution in [1.82, 2.24) is 0 Å². The number of rotatable bonds is 5. The van der Waals surface area contributed by atoms with Crippen LogP contribution in [-0.4, -0.2) is 38.8 Å². The van der Waals surface area contributed by atoms with Crippen LogP contribution >= 0.6 is 0 Å². The molecule has 0 amide bonds. The quantitative estimate of drug-likeness (QED) is 0.269. The number of cyclic esters (lactones) is 1. The van der Waals surface area contributed by atoms with Crippen LogP contribution in [0.15, 0.2) is 17.7 Å². The zero-order chi connectivity index (χ0) is 16.3. The first-order valence-corrected chi connectivity index (χ1v) is 6.39. The smallest absolute Gasteiger partial charge is 0.337 e. The summed E-state index contributed by atoms with van der Waals surface area (Å²) < 4.78 is 20.3. The zero-order valence-corrected chi connectivity index (χ0v) is 12.4. The van der Waals surface area contributed by atoms with E-state index in [9.17, 15) is 14.9 Å². The van der Waals surface area contributed by atoms with Gasteiger partial charge in [0.15, 0.2) is 5.75 Å². The Balaban J connectivity index is 2.74. The van der Waals surface area contributed by atoms with Crippen LogP contribution in [0.5, 0.6) is 11.5 Å². The molecule has 0 aliphatic carbocycles. The largest absolute Gasteiger partial charge is 0.495 e. The average molecular weight is 309 g/mol. The normalized spacial score (nSPS) is 16.0. The third-order valence-corrected chi connectivity index (χ3v) is 3.26. The van der Waals surface area contributed by atoms with Crippen LogP contribution in [0.25, 0.3) is 5.76 Å². The molecule has 1 fully saturated rings. The predicted molar refractivity (Wildman–Crippen MR) is 75.7 cm³/mol. The summed E-state index contributed by atoms with van der Waals surface area (Å²) in [5, 5.41) is 11.5. The van der Waals surface area contributed by atoms with E-state index in [-0.39, 0.29) is 40.7 Å². The van der Waals surface area contributed by atoms with Crippen molar-refractivity contribution in [1.29, 1.82) is 0 Å². The van der Waals surface area contributed by atoms with Gasteiger partial charge >= 0.3 is 11.7 Å². The minimum atomic E-state index is -0.601. The predicted octanol–water partition coefficient (Wildman–Crippen LogP) is 1.92. The Morgan fingerprint density at radius 2 is 2.00 bits per heavy atom. The fraction of sp³-hybridized carbons (Fsp3) is 0.357. The van der Waals surface area contributed by atoms with E-state index in [4.69, 9.17) is 18.9 Å². The number of nitro benzene ring substituents is 1. The number of carbonyl (C=O) groups excluding carboxylic acids is 1. The molecule has 0 unspecified atom stereocenters. The topological polar surface area (TPSA) is 97.1 Å². The van der Waals surface area contributed by atoms with Crippen molar-refractivity contribution in [3.8, 4) is 11.5 Å². The molecule has 0 N–H and O–H groups in total. The molecule has 0 atom stereocenters. The van der Waals surface area contributed by atoms with E-state index in [1.807, 2.05) is 0 Å². The van der Waals surface area contributed by atoms with Crippen molar-refractivity contribution in [3.05, 3.63) is 33.4 Å². The summed E-state index contributed by atoms with van der Waals surface area (Å²) in [7, 11) is 4.03. The fourth-order valence-corrected chi connectivity index (χ4v) is 2.31. The summed E-state index contributed by atoms with van der Waals surface area (Å²) in [5.74, 6) is -0.255. The van der Waals surface area contributed by atoms with Gasteiger partial charge in [0.05, 0.1) is 44.0 Å². The van der Waals surface area contributed by atoms with E-state index in [1.54, 1.807) is 0 Å². The van der Waals surface area contributed by atoms with Crippen molar-refractivity contribution < 1.29 is 28.7 Å². The third-order valence-electron chi connectivity index (χ3n) is 3.26. The third kappa shape index (κ3) is 2.54. The SMILES string of the molecule is CO/C(=C1\CCOC1=O)c1ccc(OC)c(OC)c1[N+](=O)[O-]. The lowest BCUT2D eigenvalue weighted by molar-refractivity contribution is -0.386. The number of nitrogens with zero attached hydrogens (tertiary/aromatic N) is 1. The summed E-state index contributed by atoms with van der Waals surface area (Å²) in [5.41, 5.74) is 0.0720. The van der Waals surface area contributed by atoms with Crippen molar-refractivity contribution in [2.24, 2.45) is 0 Å². The van der Waals surface area contributed by atoms with Gasteiger partial charge in [0.2, 0.25) is 5.75 Å². The maximum Gasteiger partial charge on any atom is 0.337 e. The Labute approximate surface area is 126 Å². The highest BCUT2D eigenvalue weighted by Crippen LogP contribution is 2.43. The molecular formula is C14H15NO7. The van der Waals surface area contributed by atoms with Crippen molar-refractivity contribution in [2.75, 3.05) is 27.9 Å². The first-order chi connectivity index (χ1) is 10.5. The molecule has 8 heteroatoms. The first-order valence-electron chi connectivity index (χ1n) is 6.39. The van der Waals surface area contributed by atoms with Crippen LogP contribution in [0.3, 0.4) is 0 Å². The van der Waals surface area contributed by atoms with E-state index in [0.717, 1.165) is 0 Å². The Morgan fingerprint density at radius 1 is 1.27 bits per heavy atom. The second-order valence-corrected chi connectivity index (χ2v) is 4.35. The standard InChI is InChI=1S/C14H15NO7/c1-19-10-5-4-8(11(15(17)18)13(10)21-3)12(20-2)9-6-7-22-14(9)16/h4-5H,6-7H2,1-3H3/b12-9+. The molecule has 1 aromatic carbocycles. The molecular weight excluding hydrogens is 294 g/mol. The maximum atomic E-state index is 11.7. The van der Waals surface area contributed by atoms with Crippen LogP contribution in [0, 0.1) is 10.1 Å². The minimum Gasteiger partial charge on any atom is -0.495 e. The van der Waals surface area contributed by atoms with Gasteiger partial charge in [-0.1, -0.05) is 0 Å². The van der Waals surface area contributed by atoms with E-state index in [0.29, 0.717) is 6.42 Å². The van der Waals surface area contributed by atoms with Crippen LogP contribution in [0.1, 0.15) is 12.0 Å². The highest BCUT2D eigenvalue weighted by molar-refractivity contribution is 5.99. The van der Waals surface area contributed by atoms with E-state index < -0.39 is 10.9 Å². The fourth-order valence-electron chi connectivity index (χ4n) is 2.31. The maximum absolute atomic E-state index is 11.7. The van der Waals surface area contributed by atoms with E-state index in [2.05, 4.69) is 0 Å². The zero-order valence-electron chi connectivity index (χ0n) is 12.4. The van der Waals surface area contributed by atoms with Crippen LogP contribution in [0.2, 0.25) is 0 Å². The Kier molecular flexibility index (Phi) is 4.50. The lowest BCUT2D eigenvalue weighted by atomic mass is 10.0. The van der Waals surface area contributed by atoms with Gasteiger partial charge in [-0.3, -0.25) is 10.1 Å². The number of hydrogen-bond acceptors (Lipinski definition) is 7. The van der Waals surface area contributed by atoms with E-state index in [1.165, 1.54) is 33.5 Å². The molecule has 1 saturated heterocycles. The van der Waals surface area contributed by atoms with Gasteiger partial charge in [0.1, 0.15) is 5.76 Å². The molecule has 0 aromatic heterocycles. The van der Waals surface area contributed by atoms with Gasteiger partial charge in [-0.05, 0) is 12.1 Å². The number of nitro groups is 1.